The quantitative estimate of drug-likeness (QED) is 0.752. The van der Waals surface area contributed by atoms with E-state index in [1.165, 1.54) is 24.3 Å². The third kappa shape index (κ3) is 4.79. The molecule has 0 bridgehead atoms. The zero-order valence-corrected chi connectivity index (χ0v) is 15.8. The lowest BCUT2D eigenvalue weighted by atomic mass is 10.2. The van der Waals surface area contributed by atoms with Crippen LogP contribution in [0, 0.1) is 0 Å². The third-order valence-corrected chi connectivity index (χ3v) is 5.46. The van der Waals surface area contributed by atoms with Gasteiger partial charge < -0.3 is 10.2 Å². The Hall–Kier alpha value is -2.56. The summed E-state index contributed by atoms with van der Waals surface area (Å²) >= 11 is 0. The summed E-state index contributed by atoms with van der Waals surface area (Å²) in [5.41, 5.74) is 0.524. The lowest BCUT2D eigenvalue weighted by molar-refractivity contribution is -0.120. The number of hydrogen-bond donors (Lipinski definition) is 2. The van der Waals surface area contributed by atoms with Crippen molar-refractivity contribution in [3.63, 3.8) is 0 Å². The molecule has 0 unspecified atom stereocenters. The predicted molar refractivity (Wildman–Crippen MR) is 102 cm³/mol. The smallest absolute Gasteiger partial charge is 0.241 e. The Morgan fingerprint density at radius 3 is 2.26 bits per heavy atom. The monoisotopic (exact) mass is 390 g/mol. The van der Waals surface area contributed by atoms with Gasteiger partial charge in [-0.2, -0.15) is 0 Å². The molecule has 2 aromatic rings. The lowest BCUT2D eigenvalue weighted by Crippen LogP contribution is -2.53. The van der Waals surface area contributed by atoms with Gasteiger partial charge in [0.25, 0.3) is 0 Å². The minimum Gasteiger partial charge on any atom is -0.338 e. The highest BCUT2D eigenvalue weighted by molar-refractivity contribution is 7.89. The zero-order chi connectivity index (χ0) is 19.4. The Kier molecular flexibility index (Phi) is 5.68. The standard InChI is InChI=1S/C17H22N6O3S/c1-13(16(24)21-14-3-5-15(6-4-14)27(18,25)26)22-9-11-23(12-10-22)17-19-7-2-8-20-17/h2-8,13H,9-12H2,1H3,(H,21,24)(H2,18,25,26)/t13-/m0/s1. The summed E-state index contributed by atoms with van der Waals surface area (Å²) in [6.07, 6.45) is 3.43. The molecule has 1 aliphatic rings. The predicted octanol–water partition coefficient (Wildman–Crippen LogP) is 0.273. The van der Waals surface area contributed by atoms with Crippen LogP contribution < -0.4 is 15.4 Å². The van der Waals surface area contributed by atoms with Crippen LogP contribution in [0.4, 0.5) is 11.6 Å². The first kappa shape index (κ1) is 19.2. The number of benzene rings is 1. The molecule has 144 valence electrons. The molecule has 0 aliphatic carbocycles. The first-order valence-corrected chi connectivity index (χ1v) is 10.1. The van der Waals surface area contributed by atoms with Crippen LogP contribution in [0.5, 0.6) is 0 Å². The molecule has 0 saturated carbocycles. The molecule has 3 rings (SSSR count). The average Bonchev–Trinajstić information content (AvgIpc) is 2.68. The van der Waals surface area contributed by atoms with Gasteiger partial charge in [0, 0.05) is 44.3 Å². The summed E-state index contributed by atoms with van der Waals surface area (Å²) in [7, 11) is -3.75. The van der Waals surface area contributed by atoms with Gasteiger partial charge in [-0.3, -0.25) is 9.69 Å². The normalized spacial score (nSPS) is 16.7. The Bertz CT molecular complexity index is 881. The van der Waals surface area contributed by atoms with Crippen LogP contribution in [0.15, 0.2) is 47.6 Å². The van der Waals surface area contributed by atoms with Crippen molar-refractivity contribution in [2.45, 2.75) is 17.9 Å². The highest BCUT2D eigenvalue weighted by Gasteiger charge is 2.26. The van der Waals surface area contributed by atoms with E-state index in [1.807, 2.05) is 6.92 Å². The lowest BCUT2D eigenvalue weighted by Gasteiger charge is -2.37. The van der Waals surface area contributed by atoms with E-state index in [0.717, 1.165) is 26.2 Å². The number of piperazine rings is 1. The number of carbonyl (C=O) groups is 1. The zero-order valence-electron chi connectivity index (χ0n) is 14.9. The number of aromatic nitrogens is 2. The fraction of sp³-hybridized carbons (Fsp3) is 0.353. The van der Waals surface area contributed by atoms with Crippen LogP contribution in [0.3, 0.4) is 0 Å². The summed E-state index contributed by atoms with van der Waals surface area (Å²) in [5, 5.41) is 7.88. The summed E-state index contributed by atoms with van der Waals surface area (Å²) in [5.74, 6) is 0.548. The van der Waals surface area contributed by atoms with Crippen molar-refractivity contribution < 1.29 is 13.2 Å². The highest BCUT2D eigenvalue weighted by Crippen LogP contribution is 2.15. The van der Waals surface area contributed by atoms with E-state index in [4.69, 9.17) is 5.14 Å². The van der Waals surface area contributed by atoms with Crippen molar-refractivity contribution in [1.82, 2.24) is 14.9 Å². The van der Waals surface area contributed by atoms with Gasteiger partial charge in [-0.15, -0.1) is 0 Å². The topological polar surface area (TPSA) is 122 Å². The molecule has 1 atom stereocenters. The number of carbonyl (C=O) groups excluding carboxylic acids is 1. The molecule has 10 heteroatoms. The molecule has 27 heavy (non-hydrogen) atoms. The van der Waals surface area contributed by atoms with Crippen molar-refractivity contribution in [2.75, 3.05) is 36.4 Å². The SMILES string of the molecule is C[C@@H](C(=O)Nc1ccc(S(N)(=O)=O)cc1)N1CCN(c2ncccn2)CC1. The van der Waals surface area contributed by atoms with E-state index >= 15 is 0 Å². The number of nitrogens with two attached hydrogens (primary N) is 1. The molecule has 9 nitrogen and oxygen atoms in total. The van der Waals surface area contributed by atoms with E-state index in [1.54, 1.807) is 18.5 Å². The van der Waals surface area contributed by atoms with E-state index in [0.29, 0.717) is 11.6 Å². The molecule has 1 aromatic heterocycles. The van der Waals surface area contributed by atoms with Crippen LogP contribution in [-0.2, 0) is 14.8 Å². The molecule has 1 fully saturated rings. The van der Waals surface area contributed by atoms with E-state index in [2.05, 4.69) is 25.1 Å². The Morgan fingerprint density at radius 1 is 1.11 bits per heavy atom. The van der Waals surface area contributed by atoms with Crippen molar-refractivity contribution in [3.05, 3.63) is 42.7 Å². The number of nitrogens with one attached hydrogen (secondary N) is 1. The largest absolute Gasteiger partial charge is 0.338 e. The summed E-state index contributed by atoms with van der Waals surface area (Å²) in [6, 6.07) is 7.25. The van der Waals surface area contributed by atoms with Crippen LogP contribution in [0.2, 0.25) is 0 Å². The van der Waals surface area contributed by atoms with Gasteiger partial charge in [0.2, 0.25) is 21.9 Å². The van der Waals surface area contributed by atoms with Crippen molar-refractivity contribution in [3.8, 4) is 0 Å². The van der Waals surface area contributed by atoms with E-state index in [9.17, 15) is 13.2 Å². The average molecular weight is 390 g/mol. The Morgan fingerprint density at radius 2 is 1.70 bits per heavy atom. The van der Waals surface area contributed by atoms with Crippen molar-refractivity contribution >= 4 is 27.6 Å². The highest BCUT2D eigenvalue weighted by atomic mass is 32.2. The van der Waals surface area contributed by atoms with Gasteiger partial charge in [-0.05, 0) is 37.3 Å². The van der Waals surface area contributed by atoms with E-state index < -0.39 is 10.0 Å². The summed E-state index contributed by atoms with van der Waals surface area (Å²) in [4.78, 5) is 25.2. The number of rotatable bonds is 5. The molecule has 1 aromatic carbocycles. The minimum absolute atomic E-state index is 0.00722. The van der Waals surface area contributed by atoms with Crippen LogP contribution in [-0.4, -0.2) is 61.4 Å². The van der Waals surface area contributed by atoms with Gasteiger partial charge in [0.1, 0.15) is 0 Å². The first-order chi connectivity index (χ1) is 12.8. The minimum atomic E-state index is -3.75. The second-order valence-electron chi connectivity index (χ2n) is 6.31. The molecule has 0 spiro atoms. The fourth-order valence-corrected chi connectivity index (χ4v) is 3.42. The van der Waals surface area contributed by atoms with Crippen LogP contribution >= 0.6 is 0 Å². The Labute approximate surface area is 158 Å². The molecule has 2 heterocycles. The van der Waals surface area contributed by atoms with Gasteiger partial charge in [0.15, 0.2) is 0 Å². The molecule has 1 aliphatic heterocycles. The summed E-state index contributed by atoms with van der Waals surface area (Å²) in [6.45, 7) is 4.77. The van der Waals surface area contributed by atoms with Crippen LogP contribution in [0.25, 0.3) is 0 Å². The molecule has 3 N–H and O–H groups in total. The van der Waals surface area contributed by atoms with E-state index in [-0.39, 0.29) is 16.8 Å². The number of amides is 1. The maximum atomic E-state index is 12.5. The van der Waals surface area contributed by atoms with Gasteiger partial charge in [-0.1, -0.05) is 0 Å². The van der Waals surface area contributed by atoms with Crippen LogP contribution in [0.1, 0.15) is 6.92 Å². The molecule has 1 amide bonds. The number of nitrogens with zero attached hydrogens (tertiary/aromatic N) is 4. The number of anilines is 2. The number of sulfonamides is 1. The van der Waals surface area contributed by atoms with Crippen molar-refractivity contribution in [1.29, 1.82) is 0 Å². The second kappa shape index (κ2) is 7.99. The number of primary sulfonamides is 1. The summed E-state index contributed by atoms with van der Waals surface area (Å²) < 4.78 is 22.6. The molecule has 0 radical (unpaired) electrons. The number of hydrogen-bond acceptors (Lipinski definition) is 7. The van der Waals surface area contributed by atoms with Gasteiger partial charge in [0.05, 0.1) is 10.9 Å². The fourth-order valence-electron chi connectivity index (χ4n) is 2.90. The molecule has 1 saturated heterocycles. The molecular weight excluding hydrogens is 368 g/mol. The van der Waals surface area contributed by atoms with Gasteiger partial charge >= 0.3 is 0 Å². The first-order valence-electron chi connectivity index (χ1n) is 8.54. The maximum Gasteiger partial charge on any atom is 0.241 e. The molecular formula is C17H22N6O3S. The second-order valence-corrected chi connectivity index (χ2v) is 7.87. The maximum absolute atomic E-state index is 12.5. The van der Waals surface area contributed by atoms with Gasteiger partial charge in [-0.25, -0.2) is 23.5 Å². The van der Waals surface area contributed by atoms with Crippen molar-refractivity contribution in [2.24, 2.45) is 5.14 Å². The third-order valence-electron chi connectivity index (χ3n) is 4.53. The Balaban J connectivity index is 1.55.